The van der Waals surface area contributed by atoms with Gasteiger partial charge in [0.1, 0.15) is 6.29 Å². The Hall–Kier alpha value is -2.45. The Kier molecular flexibility index (Phi) is 4.31. The van der Waals surface area contributed by atoms with E-state index in [2.05, 4.69) is 4.98 Å². The van der Waals surface area contributed by atoms with Gasteiger partial charge in [-0.1, -0.05) is 54.1 Å². The average molecular weight is 308 g/mol. The number of aromatic nitrogens is 1. The van der Waals surface area contributed by atoms with Crippen LogP contribution >= 0.6 is 11.6 Å². The predicted molar refractivity (Wildman–Crippen MR) is 91.9 cm³/mol. The van der Waals surface area contributed by atoms with Crippen molar-refractivity contribution >= 4 is 40.9 Å². The second-order valence-electron chi connectivity index (χ2n) is 5.02. The number of hydrogen-bond acceptors (Lipinski definition) is 2. The first-order chi connectivity index (χ1) is 10.7. The van der Waals surface area contributed by atoms with Crippen LogP contribution in [0.3, 0.4) is 0 Å². The van der Waals surface area contributed by atoms with Crippen LogP contribution in [0.2, 0.25) is 5.02 Å². The molecule has 3 heteroatoms. The van der Waals surface area contributed by atoms with Gasteiger partial charge in [0.25, 0.3) is 0 Å². The predicted octanol–water partition coefficient (Wildman–Crippen LogP) is 4.80. The van der Waals surface area contributed by atoms with Crippen molar-refractivity contribution in [1.29, 1.82) is 0 Å². The summed E-state index contributed by atoms with van der Waals surface area (Å²) in [5.41, 5.74) is 3.81. The summed E-state index contributed by atoms with van der Waals surface area (Å²) in [4.78, 5) is 15.2. The summed E-state index contributed by atoms with van der Waals surface area (Å²) in [5.74, 6) is 0. The zero-order chi connectivity index (χ0) is 15.4. The lowest BCUT2D eigenvalue weighted by Crippen LogP contribution is -1.86. The lowest BCUT2D eigenvalue weighted by Gasteiger charge is -2.00. The Labute approximate surface area is 134 Å². The maximum Gasteiger partial charge on any atom is 0.124 e. The van der Waals surface area contributed by atoms with Crippen LogP contribution in [0.25, 0.3) is 23.1 Å². The van der Waals surface area contributed by atoms with E-state index in [4.69, 9.17) is 11.6 Å². The van der Waals surface area contributed by atoms with E-state index in [9.17, 15) is 4.79 Å². The van der Waals surface area contributed by atoms with E-state index in [1.807, 2.05) is 66.7 Å². The van der Waals surface area contributed by atoms with Crippen molar-refractivity contribution in [2.45, 2.75) is 6.42 Å². The summed E-state index contributed by atoms with van der Waals surface area (Å²) < 4.78 is 0. The Balaban J connectivity index is 1.88. The minimum Gasteiger partial charge on any atom is -0.303 e. The summed E-state index contributed by atoms with van der Waals surface area (Å²) >= 11 is 6.00. The maximum absolute atomic E-state index is 10.6. The highest BCUT2D eigenvalue weighted by atomic mass is 35.5. The molecule has 0 atom stereocenters. The van der Waals surface area contributed by atoms with E-state index in [1.54, 1.807) is 0 Å². The molecule has 0 saturated carbocycles. The average Bonchev–Trinajstić information content (AvgIpc) is 2.53. The first-order valence-electron chi connectivity index (χ1n) is 7.01. The largest absolute Gasteiger partial charge is 0.303 e. The molecule has 0 amide bonds. The molecule has 1 heterocycles. The highest BCUT2D eigenvalue weighted by Gasteiger charge is 1.98. The van der Waals surface area contributed by atoms with Gasteiger partial charge < -0.3 is 4.79 Å². The van der Waals surface area contributed by atoms with Crippen molar-refractivity contribution in [1.82, 2.24) is 4.98 Å². The number of nitrogens with zero attached hydrogens (tertiary/aromatic N) is 1. The molecule has 2 nitrogen and oxygen atoms in total. The second kappa shape index (κ2) is 6.54. The standard InChI is InChI=1S/C19H14ClNO/c20-17-7-5-16-6-9-18(21-19(16)13-17)8-4-14-2-1-3-15(12-14)10-11-22/h1-9,11-13H,10H2. The Morgan fingerprint density at radius 3 is 2.73 bits per heavy atom. The van der Waals surface area contributed by atoms with Crippen LogP contribution in [0, 0.1) is 0 Å². The van der Waals surface area contributed by atoms with Crippen LogP contribution in [0.4, 0.5) is 0 Å². The maximum atomic E-state index is 10.6. The first kappa shape index (κ1) is 14.5. The topological polar surface area (TPSA) is 30.0 Å². The molecule has 108 valence electrons. The molecule has 0 aliphatic heterocycles. The van der Waals surface area contributed by atoms with Gasteiger partial charge in [-0.15, -0.1) is 0 Å². The third-order valence-electron chi connectivity index (χ3n) is 3.39. The van der Waals surface area contributed by atoms with Crippen molar-refractivity contribution in [2.75, 3.05) is 0 Å². The lowest BCUT2D eigenvalue weighted by atomic mass is 10.1. The SMILES string of the molecule is O=CCc1cccc(C=Cc2ccc3ccc(Cl)cc3n2)c1. The van der Waals surface area contributed by atoms with Gasteiger partial charge in [-0.2, -0.15) is 0 Å². The molecule has 3 rings (SSSR count). The summed E-state index contributed by atoms with van der Waals surface area (Å²) in [5, 5.41) is 1.75. The van der Waals surface area contributed by atoms with Crippen LogP contribution in [-0.2, 0) is 11.2 Å². The number of hydrogen-bond donors (Lipinski definition) is 0. The Morgan fingerprint density at radius 1 is 1.00 bits per heavy atom. The van der Waals surface area contributed by atoms with Gasteiger partial charge in [0, 0.05) is 16.8 Å². The molecule has 0 unspecified atom stereocenters. The summed E-state index contributed by atoms with van der Waals surface area (Å²) in [6.07, 6.45) is 5.30. The van der Waals surface area contributed by atoms with E-state index in [0.717, 1.165) is 34.0 Å². The number of pyridine rings is 1. The van der Waals surface area contributed by atoms with Crippen LogP contribution in [0.1, 0.15) is 16.8 Å². The molecule has 3 aromatic rings. The van der Waals surface area contributed by atoms with Gasteiger partial charge in [0.2, 0.25) is 0 Å². The molecular weight excluding hydrogens is 294 g/mol. The van der Waals surface area contributed by atoms with Crippen LogP contribution in [0.15, 0.2) is 54.6 Å². The molecule has 0 bridgehead atoms. The minimum atomic E-state index is 0.439. The number of halogens is 1. The number of carbonyl (C=O) groups is 1. The number of benzene rings is 2. The highest BCUT2D eigenvalue weighted by molar-refractivity contribution is 6.31. The molecule has 0 radical (unpaired) electrons. The molecule has 2 aromatic carbocycles. The zero-order valence-electron chi connectivity index (χ0n) is 11.9. The summed E-state index contributed by atoms with van der Waals surface area (Å²) in [7, 11) is 0. The van der Waals surface area contributed by atoms with Gasteiger partial charge >= 0.3 is 0 Å². The number of rotatable bonds is 4. The molecule has 0 spiro atoms. The molecule has 0 aliphatic rings. The molecule has 1 aromatic heterocycles. The smallest absolute Gasteiger partial charge is 0.124 e. The van der Waals surface area contributed by atoms with Crippen molar-refractivity contribution in [3.63, 3.8) is 0 Å². The van der Waals surface area contributed by atoms with Crippen LogP contribution in [0.5, 0.6) is 0 Å². The first-order valence-corrected chi connectivity index (χ1v) is 7.39. The van der Waals surface area contributed by atoms with Gasteiger partial charge in [-0.3, -0.25) is 0 Å². The fourth-order valence-corrected chi connectivity index (χ4v) is 2.47. The van der Waals surface area contributed by atoms with Gasteiger partial charge in [-0.05, 0) is 35.4 Å². The molecule has 0 N–H and O–H groups in total. The molecule has 0 aliphatic carbocycles. The molecule has 22 heavy (non-hydrogen) atoms. The van der Waals surface area contributed by atoms with E-state index < -0.39 is 0 Å². The van der Waals surface area contributed by atoms with E-state index in [0.29, 0.717) is 11.4 Å². The van der Waals surface area contributed by atoms with E-state index >= 15 is 0 Å². The fourth-order valence-electron chi connectivity index (χ4n) is 2.30. The van der Waals surface area contributed by atoms with Gasteiger partial charge in [0.05, 0.1) is 11.2 Å². The quantitative estimate of drug-likeness (QED) is 0.648. The van der Waals surface area contributed by atoms with Gasteiger partial charge in [0.15, 0.2) is 0 Å². The van der Waals surface area contributed by atoms with Gasteiger partial charge in [-0.25, -0.2) is 4.98 Å². The molecule has 0 fully saturated rings. The summed E-state index contributed by atoms with van der Waals surface area (Å²) in [6, 6.07) is 17.6. The summed E-state index contributed by atoms with van der Waals surface area (Å²) in [6.45, 7) is 0. The van der Waals surface area contributed by atoms with E-state index in [-0.39, 0.29) is 0 Å². The third kappa shape index (κ3) is 3.41. The monoisotopic (exact) mass is 307 g/mol. The minimum absolute atomic E-state index is 0.439. The Bertz CT molecular complexity index is 855. The highest BCUT2D eigenvalue weighted by Crippen LogP contribution is 2.19. The van der Waals surface area contributed by atoms with Crippen molar-refractivity contribution in [2.24, 2.45) is 0 Å². The Morgan fingerprint density at radius 2 is 1.86 bits per heavy atom. The third-order valence-corrected chi connectivity index (χ3v) is 3.63. The zero-order valence-corrected chi connectivity index (χ0v) is 12.6. The lowest BCUT2D eigenvalue weighted by molar-refractivity contribution is -0.107. The van der Waals surface area contributed by atoms with Crippen LogP contribution in [-0.4, -0.2) is 11.3 Å². The van der Waals surface area contributed by atoms with Crippen LogP contribution < -0.4 is 0 Å². The van der Waals surface area contributed by atoms with Crippen molar-refractivity contribution in [3.05, 3.63) is 76.4 Å². The van der Waals surface area contributed by atoms with E-state index in [1.165, 1.54) is 0 Å². The fraction of sp³-hybridized carbons (Fsp3) is 0.0526. The van der Waals surface area contributed by atoms with Crippen molar-refractivity contribution in [3.8, 4) is 0 Å². The number of carbonyl (C=O) groups excluding carboxylic acids is 1. The molecular formula is C19H14ClNO. The van der Waals surface area contributed by atoms with Crippen molar-refractivity contribution < 1.29 is 4.79 Å². The number of aldehydes is 1. The number of fused-ring (bicyclic) bond motifs is 1. The normalized spacial score (nSPS) is 11.1. The second-order valence-corrected chi connectivity index (χ2v) is 5.46. The molecule has 0 saturated heterocycles.